The van der Waals surface area contributed by atoms with Gasteiger partial charge in [0.05, 0.1) is 0 Å². The summed E-state index contributed by atoms with van der Waals surface area (Å²) in [5, 5.41) is 0. The quantitative estimate of drug-likeness (QED) is 0.418. The van der Waals surface area contributed by atoms with Gasteiger partial charge in [0, 0.05) is 46.8 Å². The normalized spacial score (nSPS) is 0. The summed E-state index contributed by atoms with van der Waals surface area (Å²) in [6.45, 7) is 0. The zero-order valence-corrected chi connectivity index (χ0v) is 9.42. The van der Waals surface area contributed by atoms with E-state index in [-0.39, 0.29) is 80.8 Å². The summed E-state index contributed by atoms with van der Waals surface area (Å²) < 4.78 is 0. The predicted octanol–water partition coefficient (Wildman–Crippen LogP) is -2.57. The van der Waals surface area contributed by atoms with Gasteiger partial charge in [-0.15, -0.1) is 0 Å². The Labute approximate surface area is 79.8 Å². The minimum atomic E-state index is 0. The van der Waals surface area contributed by atoms with Crippen LogP contribution in [-0.2, 0) is 46.8 Å². The second-order valence-corrected chi connectivity index (χ2v) is 0. The first-order valence-corrected chi connectivity index (χ1v) is 0. The van der Waals surface area contributed by atoms with Gasteiger partial charge in [0.15, 0.2) is 0 Å². The van der Waals surface area contributed by atoms with Crippen molar-refractivity contribution in [3.63, 3.8) is 0 Å². The molecule has 24 valence electrons. The Hall–Kier alpha value is 2.23. The Bertz CT molecular complexity index is 9.61. The fraction of sp³-hybridized carbons (Fsp3) is 0. The van der Waals surface area contributed by atoms with Crippen molar-refractivity contribution in [2.75, 3.05) is 0 Å². The monoisotopic (exact) mass is 240 g/mol. The molecule has 5 heavy (non-hydrogen) atoms. The van der Waals surface area contributed by atoms with Crippen molar-refractivity contribution < 1.29 is 57.7 Å². The zero-order chi connectivity index (χ0) is 0. The minimum Gasteiger partial charge on any atom is -0.412 e. The van der Waals surface area contributed by atoms with Gasteiger partial charge < -0.3 is 11.0 Å². The van der Waals surface area contributed by atoms with Crippen LogP contribution >= 0.6 is 0 Å². The molecule has 5 heteroatoms. The molecule has 0 amide bonds. The van der Waals surface area contributed by atoms with E-state index in [4.69, 9.17) is 0 Å². The van der Waals surface area contributed by atoms with E-state index in [2.05, 4.69) is 0 Å². The van der Waals surface area contributed by atoms with Crippen LogP contribution in [0.2, 0.25) is 0 Å². The molecule has 0 aromatic carbocycles. The van der Waals surface area contributed by atoms with Gasteiger partial charge in [-0.3, -0.25) is 0 Å². The molecule has 4 N–H and O–H groups in total. The van der Waals surface area contributed by atoms with Crippen molar-refractivity contribution in [2.45, 2.75) is 0 Å². The van der Waals surface area contributed by atoms with Gasteiger partial charge in [0.25, 0.3) is 0 Å². The Kier molecular flexibility index (Phi) is 386. The summed E-state index contributed by atoms with van der Waals surface area (Å²) in [6, 6.07) is 0. The van der Waals surface area contributed by atoms with E-state index in [1.807, 2.05) is 0 Å². The van der Waals surface area contributed by atoms with Crippen molar-refractivity contribution in [3.05, 3.63) is 0 Å². The van der Waals surface area contributed by atoms with Crippen LogP contribution in [0.15, 0.2) is 0 Å². The minimum absolute atomic E-state index is 0. The van der Waals surface area contributed by atoms with Crippen molar-refractivity contribution in [1.29, 1.82) is 0 Å². The van der Waals surface area contributed by atoms with E-state index in [9.17, 15) is 0 Å². The van der Waals surface area contributed by atoms with E-state index in [1.165, 1.54) is 0 Å². The molecular weight excluding hydrogens is 234 g/mol. The first-order chi connectivity index (χ1) is 0. The molecule has 0 aromatic heterocycles. The van der Waals surface area contributed by atoms with Crippen molar-refractivity contribution in [2.24, 2.45) is 0 Å². The van der Waals surface area contributed by atoms with Gasteiger partial charge in [-0.1, -0.05) is 0 Å². The molecule has 0 atom stereocenters. The molecule has 0 aliphatic carbocycles. The van der Waals surface area contributed by atoms with E-state index in [0.29, 0.717) is 0 Å². The van der Waals surface area contributed by atoms with Crippen LogP contribution in [-0.4, -0.2) is 34.0 Å². The molecule has 0 bridgehead atoms. The van der Waals surface area contributed by atoms with Crippen LogP contribution in [0.25, 0.3) is 0 Å². The van der Waals surface area contributed by atoms with Gasteiger partial charge in [-0.2, -0.15) is 0 Å². The van der Waals surface area contributed by atoms with Gasteiger partial charge in [0.1, 0.15) is 0 Å². The molecule has 0 saturated heterocycles. The van der Waals surface area contributed by atoms with E-state index in [0.717, 1.165) is 0 Å². The topological polar surface area (TPSA) is 63.0 Å². The predicted molar refractivity (Wildman–Crippen MR) is 15.8 cm³/mol. The van der Waals surface area contributed by atoms with Crippen LogP contribution in [0.5, 0.6) is 0 Å². The Morgan fingerprint density at radius 2 is 0.800 bits per heavy atom. The Balaban J connectivity index is 0. The average molecular weight is 240 g/mol. The van der Waals surface area contributed by atoms with Crippen LogP contribution in [0.1, 0.15) is 0 Å². The van der Waals surface area contributed by atoms with Crippen molar-refractivity contribution in [3.8, 4) is 0 Å². The maximum atomic E-state index is 0. The van der Waals surface area contributed by atoms with Gasteiger partial charge >= 0.3 is 23.1 Å². The van der Waals surface area contributed by atoms with E-state index < -0.39 is 0 Å². The standard InChI is InChI=1S/Cd.Mg.2H2O.Zn.2H/h;;2*1H2;;;. The second kappa shape index (κ2) is 34.2. The fourth-order valence-electron chi connectivity index (χ4n) is 0. The van der Waals surface area contributed by atoms with Gasteiger partial charge in [-0.25, -0.2) is 0 Å². The Morgan fingerprint density at radius 3 is 0.800 bits per heavy atom. The molecule has 0 heterocycles. The molecule has 0 rings (SSSR count). The van der Waals surface area contributed by atoms with E-state index in [1.54, 1.807) is 0 Å². The summed E-state index contributed by atoms with van der Waals surface area (Å²) in [5.74, 6) is 0. The summed E-state index contributed by atoms with van der Waals surface area (Å²) >= 11 is 0. The largest absolute Gasteiger partial charge is 0.412 e. The molecule has 0 aliphatic rings. The number of hydrogen-bond acceptors (Lipinski definition) is 0. The molecule has 0 spiro atoms. The first kappa shape index (κ1) is 56.4. The molecule has 2 nitrogen and oxygen atoms in total. The molecule has 0 unspecified atom stereocenters. The maximum absolute atomic E-state index is 0. The maximum Gasteiger partial charge on any atom is 0.316 e. The second-order valence-electron chi connectivity index (χ2n) is 0. The van der Waals surface area contributed by atoms with Crippen molar-refractivity contribution in [1.82, 2.24) is 0 Å². The third-order valence-electron chi connectivity index (χ3n) is 0. The van der Waals surface area contributed by atoms with Crippen LogP contribution < -0.4 is 0 Å². The average Bonchev–Trinajstić information content (AvgIpc) is 0. The molecule has 0 aromatic rings. The van der Waals surface area contributed by atoms with Crippen LogP contribution in [0.4, 0.5) is 0 Å². The van der Waals surface area contributed by atoms with Crippen LogP contribution in [0.3, 0.4) is 0 Å². The fourth-order valence-corrected chi connectivity index (χ4v) is 0. The molecule has 0 aliphatic heterocycles. The summed E-state index contributed by atoms with van der Waals surface area (Å²) in [7, 11) is 0. The number of rotatable bonds is 0. The number of hydrogen-bond donors (Lipinski definition) is 0. The third kappa shape index (κ3) is 22.4. The summed E-state index contributed by atoms with van der Waals surface area (Å²) in [5.41, 5.74) is 0. The summed E-state index contributed by atoms with van der Waals surface area (Å²) in [6.07, 6.45) is 0. The van der Waals surface area contributed by atoms with Crippen LogP contribution in [0, 0.1) is 0 Å². The van der Waals surface area contributed by atoms with Crippen molar-refractivity contribution >= 4 is 23.1 Å². The molecular formula is H6CdMgO2Zn. The Morgan fingerprint density at radius 1 is 0.800 bits per heavy atom. The molecule has 0 saturated carbocycles. The molecule has 0 fully saturated rings. The smallest absolute Gasteiger partial charge is 0.316 e. The van der Waals surface area contributed by atoms with Gasteiger partial charge in [-0.05, 0) is 0 Å². The summed E-state index contributed by atoms with van der Waals surface area (Å²) in [4.78, 5) is 0. The van der Waals surface area contributed by atoms with Gasteiger partial charge in [0.2, 0.25) is 0 Å². The third-order valence-corrected chi connectivity index (χ3v) is 0. The first-order valence-electron chi connectivity index (χ1n) is 0. The van der Waals surface area contributed by atoms with E-state index >= 15 is 0 Å². The molecule has 0 radical (unpaired) electrons. The SMILES string of the molecule is O.O.[Cd].[MgH2].[Zn]. The zero-order valence-electron chi connectivity index (χ0n) is 2.41.